The van der Waals surface area contributed by atoms with Crippen LogP contribution in [-0.4, -0.2) is 42.1 Å². The van der Waals surface area contributed by atoms with Gasteiger partial charge in [-0.05, 0) is 19.4 Å². The Bertz CT molecular complexity index is 352. The van der Waals surface area contributed by atoms with Crippen molar-refractivity contribution in [1.29, 1.82) is 0 Å². The second kappa shape index (κ2) is 11.1. The number of rotatable bonds is 6. The summed E-state index contributed by atoms with van der Waals surface area (Å²) in [5.74, 6) is -0.321. The lowest BCUT2D eigenvalue weighted by Gasteiger charge is -2.32. The fourth-order valence-corrected chi connectivity index (χ4v) is 1.98. The maximum absolute atomic E-state index is 11.3. The van der Waals surface area contributed by atoms with Crippen LogP contribution in [0.5, 0.6) is 0 Å². The standard InChI is InChI=1S/C11H17NO2.C4H6O2/c1-2-10-5-3-4-7-12(10)9-11(14)6-8-13;1-3-6-4(2)5/h2,8,10H,1,3-7,9H2;3H,1H2,2H3. The molecule has 0 amide bonds. The van der Waals surface area contributed by atoms with Gasteiger partial charge in [0, 0.05) is 13.0 Å². The molecule has 0 N–H and O–H groups in total. The van der Waals surface area contributed by atoms with Crippen LogP contribution < -0.4 is 0 Å². The van der Waals surface area contributed by atoms with Crippen LogP contribution in [0.25, 0.3) is 0 Å². The first-order valence-corrected chi connectivity index (χ1v) is 6.65. The molecule has 5 heteroatoms. The Labute approximate surface area is 120 Å². The average molecular weight is 281 g/mol. The van der Waals surface area contributed by atoms with Crippen molar-refractivity contribution in [3.63, 3.8) is 0 Å². The number of Topliss-reactive ketones (excluding diaryl/α,β-unsaturated/α-hetero) is 1. The minimum atomic E-state index is -0.329. The van der Waals surface area contributed by atoms with Crippen LogP contribution in [0.2, 0.25) is 0 Å². The molecule has 0 bridgehead atoms. The number of esters is 1. The van der Waals surface area contributed by atoms with Gasteiger partial charge < -0.3 is 9.53 Å². The van der Waals surface area contributed by atoms with Gasteiger partial charge in [0.25, 0.3) is 0 Å². The normalized spacial score (nSPS) is 18.1. The van der Waals surface area contributed by atoms with Crippen molar-refractivity contribution in [3.05, 3.63) is 25.5 Å². The van der Waals surface area contributed by atoms with E-state index in [4.69, 9.17) is 0 Å². The summed E-state index contributed by atoms with van der Waals surface area (Å²) >= 11 is 0. The average Bonchev–Trinajstić information content (AvgIpc) is 2.40. The number of hydrogen-bond acceptors (Lipinski definition) is 5. The molecule has 0 aromatic carbocycles. The molecule has 1 unspecified atom stereocenters. The number of nitrogens with zero attached hydrogens (tertiary/aromatic N) is 1. The van der Waals surface area contributed by atoms with Crippen LogP contribution in [0.4, 0.5) is 0 Å². The monoisotopic (exact) mass is 281 g/mol. The van der Waals surface area contributed by atoms with Gasteiger partial charge in [-0.2, -0.15) is 0 Å². The van der Waals surface area contributed by atoms with Crippen molar-refractivity contribution >= 4 is 18.0 Å². The zero-order valence-electron chi connectivity index (χ0n) is 12.0. The molecule has 112 valence electrons. The summed E-state index contributed by atoms with van der Waals surface area (Å²) in [5.41, 5.74) is 0. The van der Waals surface area contributed by atoms with Gasteiger partial charge in [0.1, 0.15) is 6.29 Å². The van der Waals surface area contributed by atoms with Crippen LogP contribution in [0.3, 0.4) is 0 Å². The van der Waals surface area contributed by atoms with Gasteiger partial charge in [0.05, 0.1) is 19.2 Å². The summed E-state index contributed by atoms with van der Waals surface area (Å²) in [4.78, 5) is 33.3. The number of carbonyl (C=O) groups excluding carboxylic acids is 3. The van der Waals surface area contributed by atoms with Crippen LogP contribution >= 0.6 is 0 Å². The van der Waals surface area contributed by atoms with E-state index in [-0.39, 0.29) is 18.2 Å². The van der Waals surface area contributed by atoms with Crippen LogP contribution in [0.1, 0.15) is 32.6 Å². The third-order valence-corrected chi connectivity index (χ3v) is 2.88. The lowest BCUT2D eigenvalue weighted by molar-refractivity contribution is -0.135. The molecule has 0 radical (unpaired) electrons. The maximum atomic E-state index is 11.3. The Balaban J connectivity index is 0.000000511. The molecule has 5 nitrogen and oxygen atoms in total. The predicted octanol–water partition coefficient (Wildman–Crippen LogP) is 1.88. The van der Waals surface area contributed by atoms with Crippen molar-refractivity contribution in [2.75, 3.05) is 13.1 Å². The first-order valence-electron chi connectivity index (χ1n) is 6.65. The molecule has 1 saturated heterocycles. The molecule has 0 spiro atoms. The summed E-state index contributed by atoms with van der Waals surface area (Å²) in [6.07, 6.45) is 7.14. The highest BCUT2D eigenvalue weighted by molar-refractivity contribution is 5.91. The van der Waals surface area contributed by atoms with E-state index in [1.807, 2.05) is 6.08 Å². The van der Waals surface area contributed by atoms with Crippen molar-refractivity contribution in [3.8, 4) is 0 Å². The summed E-state index contributed by atoms with van der Waals surface area (Å²) in [7, 11) is 0. The van der Waals surface area contributed by atoms with E-state index in [0.717, 1.165) is 25.6 Å². The number of ether oxygens (including phenoxy) is 1. The number of aldehydes is 1. The minimum Gasteiger partial charge on any atom is -0.435 e. The molecule has 1 rings (SSSR count). The van der Waals surface area contributed by atoms with Crippen molar-refractivity contribution in [2.24, 2.45) is 0 Å². The SMILES string of the molecule is C=CC1CCCCN1CC(=O)CC=O.C=COC(C)=O. The highest BCUT2D eigenvalue weighted by Crippen LogP contribution is 2.17. The van der Waals surface area contributed by atoms with E-state index >= 15 is 0 Å². The Morgan fingerprint density at radius 3 is 2.50 bits per heavy atom. The molecule has 1 heterocycles. The van der Waals surface area contributed by atoms with E-state index in [0.29, 0.717) is 18.9 Å². The fraction of sp³-hybridized carbons (Fsp3) is 0.533. The molecule has 20 heavy (non-hydrogen) atoms. The van der Waals surface area contributed by atoms with Crippen LogP contribution in [0.15, 0.2) is 25.5 Å². The molecular weight excluding hydrogens is 258 g/mol. The van der Waals surface area contributed by atoms with Gasteiger partial charge in [0.2, 0.25) is 0 Å². The molecule has 1 aliphatic heterocycles. The number of hydrogen-bond donors (Lipinski definition) is 0. The summed E-state index contributed by atoms with van der Waals surface area (Å²) in [5, 5.41) is 0. The van der Waals surface area contributed by atoms with Gasteiger partial charge in [-0.25, -0.2) is 0 Å². The second-order valence-electron chi connectivity index (χ2n) is 4.45. The van der Waals surface area contributed by atoms with Gasteiger partial charge in [-0.1, -0.05) is 19.1 Å². The Kier molecular flexibility index (Phi) is 10.1. The minimum absolute atomic E-state index is 0.00810. The highest BCUT2D eigenvalue weighted by Gasteiger charge is 2.21. The maximum Gasteiger partial charge on any atom is 0.307 e. The summed E-state index contributed by atoms with van der Waals surface area (Å²) in [6, 6.07) is 0.319. The third kappa shape index (κ3) is 8.37. The van der Waals surface area contributed by atoms with E-state index < -0.39 is 0 Å². The van der Waals surface area contributed by atoms with Crippen molar-refractivity contribution in [1.82, 2.24) is 4.90 Å². The Morgan fingerprint density at radius 2 is 2.05 bits per heavy atom. The lowest BCUT2D eigenvalue weighted by atomic mass is 10.0. The highest BCUT2D eigenvalue weighted by atomic mass is 16.5. The second-order valence-corrected chi connectivity index (χ2v) is 4.45. The van der Waals surface area contributed by atoms with Crippen LogP contribution in [0, 0.1) is 0 Å². The number of likely N-dealkylation sites (tertiary alicyclic amines) is 1. The van der Waals surface area contributed by atoms with Gasteiger partial charge in [-0.15, -0.1) is 6.58 Å². The van der Waals surface area contributed by atoms with Gasteiger partial charge in [-0.3, -0.25) is 14.5 Å². The molecule has 1 atom stereocenters. The van der Waals surface area contributed by atoms with E-state index in [1.165, 1.54) is 13.3 Å². The van der Waals surface area contributed by atoms with Crippen molar-refractivity contribution < 1.29 is 19.1 Å². The summed E-state index contributed by atoms with van der Waals surface area (Å²) < 4.78 is 4.17. The molecule has 0 aliphatic carbocycles. The fourth-order valence-electron chi connectivity index (χ4n) is 1.98. The first kappa shape index (κ1) is 18.2. The van der Waals surface area contributed by atoms with Crippen molar-refractivity contribution in [2.45, 2.75) is 38.6 Å². The van der Waals surface area contributed by atoms with E-state index in [1.54, 1.807) is 0 Å². The number of carbonyl (C=O) groups is 3. The van der Waals surface area contributed by atoms with E-state index in [2.05, 4.69) is 22.8 Å². The van der Waals surface area contributed by atoms with Gasteiger partial charge >= 0.3 is 5.97 Å². The Morgan fingerprint density at radius 1 is 1.35 bits per heavy atom. The molecule has 1 aliphatic rings. The Hall–Kier alpha value is -1.75. The predicted molar refractivity (Wildman–Crippen MR) is 77.1 cm³/mol. The zero-order chi connectivity index (χ0) is 15.4. The van der Waals surface area contributed by atoms with Gasteiger partial charge in [0.15, 0.2) is 5.78 Å². The lowest BCUT2D eigenvalue weighted by Crippen LogP contribution is -2.41. The molecule has 0 saturated carbocycles. The van der Waals surface area contributed by atoms with Crippen LogP contribution in [-0.2, 0) is 19.1 Å². The zero-order valence-corrected chi connectivity index (χ0v) is 12.0. The third-order valence-electron chi connectivity index (χ3n) is 2.88. The topological polar surface area (TPSA) is 63.7 Å². The smallest absolute Gasteiger partial charge is 0.307 e. The first-order chi connectivity index (χ1) is 9.54. The summed E-state index contributed by atoms with van der Waals surface area (Å²) in [6.45, 7) is 9.59. The molecule has 0 aromatic heterocycles. The number of ketones is 1. The van der Waals surface area contributed by atoms with E-state index in [9.17, 15) is 14.4 Å². The largest absolute Gasteiger partial charge is 0.435 e. The molecule has 0 aromatic rings. The number of piperidine rings is 1. The molecular formula is C15H23NO4. The molecule has 1 fully saturated rings. The quantitative estimate of drug-likeness (QED) is 0.244.